The Bertz CT molecular complexity index is 566. The molecule has 2 rings (SSSR count). The summed E-state index contributed by atoms with van der Waals surface area (Å²) in [6, 6.07) is 8.50. The van der Waals surface area contributed by atoms with Crippen molar-refractivity contribution in [3.8, 4) is 0 Å². The number of rotatable bonds is 2. The molecule has 0 bridgehead atoms. The Morgan fingerprint density at radius 3 is 2.50 bits per heavy atom. The van der Waals surface area contributed by atoms with Crippen molar-refractivity contribution in [2.24, 2.45) is 0 Å². The SMILES string of the molecule is CNc1c(N)cc([N+](=O)[O-])c2ccccc12. The molecule has 0 spiro atoms. The van der Waals surface area contributed by atoms with E-state index in [1.54, 1.807) is 19.2 Å². The molecule has 0 aliphatic carbocycles. The molecule has 5 heteroatoms. The van der Waals surface area contributed by atoms with Crippen LogP contribution in [0.15, 0.2) is 30.3 Å². The zero-order valence-corrected chi connectivity index (χ0v) is 8.73. The Hall–Kier alpha value is -2.30. The highest BCUT2D eigenvalue weighted by atomic mass is 16.6. The van der Waals surface area contributed by atoms with Crippen LogP contribution in [0.4, 0.5) is 17.1 Å². The molecule has 2 aromatic carbocycles. The molecule has 0 atom stereocenters. The standard InChI is InChI=1S/C11H11N3O2/c1-13-11-8-5-3-2-4-7(8)10(14(15)16)6-9(11)12/h2-6,13H,12H2,1H3. The van der Waals surface area contributed by atoms with Crippen LogP contribution in [0.1, 0.15) is 0 Å². The fourth-order valence-corrected chi connectivity index (χ4v) is 1.81. The zero-order valence-electron chi connectivity index (χ0n) is 8.73. The van der Waals surface area contributed by atoms with E-state index in [0.717, 1.165) is 11.1 Å². The van der Waals surface area contributed by atoms with Crippen LogP contribution < -0.4 is 11.1 Å². The summed E-state index contributed by atoms with van der Waals surface area (Å²) < 4.78 is 0. The first-order valence-electron chi connectivity index (χ1n) is 4.78. The van der Waals surface area contributed by atoms with E-state index in [0.29, 0.717) is 11.1 Å². The van der Waals surface area contributed by atoms with E-state index >= 15 is 0 Å². The first kappa shape index (κ1) is 10.2. The summed E-state index contributed by atoms with van der Waals surface area (Å²) in [5.41, 5.74) is 6.91. The van der Waals surface area contributed by atoms with Gasteiger partial charge in [0, 0.05) is 18.5 Å². The normalized spacial score (nSPS) is 10.3. The van der Waals surface area contributed by atoms with Gasteiger partial charge in [-0.25, -0.2) is 0 Å². The average Bonchev–Trinajstić information content (AvgIpc) is 2.28. The Kier molecular flexibility index (Phi) is 2.36. The van der Waals surface area contributed by atoms with Crippen molar-refractivity contribution in [3.63, 3.8) is 0 Å². The summed E-state index contributed by atoms with van der Waals surface area (Å²) in [6.45, 7) is 0. The molecule has 0 aliphatic heterocycles. The number of nitrogens with two attached hydrogens (primary N) is 1. The molecule has 3 N–H and O–H groups in total. The third kappa shape index (κ3) is 1.42. The molecule has 2 aromatic rings. The number of nitro groups is 1. The number of hydrogen-bond donors (Lipinski definition) is 2. The van der Waals surface area contributed by atoms with Crippen LogP contribution in [0.2, 0.25) is 0 Å². The number of non-ortho nitro benzene ring substituents is 1. The Morgan fingerprint density at radius 1 is 1.31 bits per heavy atom. The van der Waals surface area contributed by atoms with Gasteiger partial charge in [-0.05, 0) is 6.07 Å². The van der Waals surface area contributed by atoms with Gasteiger partial charge >= 0.3 is 0 Å². The third-order valence-electron chi connectivity index (χ3n) is 2.50. The molecule has 0 radical (unpaired) electrons. The van der Waals surface area contributed by atoms with Crippen LogP contribution in [-0.4, -0.2) is 12.0 Å². The molecular weight excluding hydrogens is 206 g/mol. The Labute approximate surface area is 92.0 Å². The summed E-state index contributed by atoms with van der Waals surface area (Å²) in [6.07, 6.45) is 0. The molecule has 0 aliphatic rings. The molecule has 0 amide bonds. The highest BCUT2D eigenvalue weighted by Gasteiger charge is 2.16. The van der Waals surface area contributed by atoms with E-state index in [9.17, 15) is 10.1 Å². The highest BCUT2D eigenvalue weighted by molar-refractivity contribution is 6.04. The first-order chi connectivity index (χ1) is 7.65. The van der Waals surface area contributed by atoms with Crippen LogP contribution in [-0.2, 0) is 0 Å². The molecule has 82 valence electrons. The number of fused-ring (bicyclic) bond motifs is 1. The van der Waals surface area contributed by atoms with Crippen molar-refractivity contribution < 1.29 is 4.92 Å². The topological polar surface area (TPSA) is 81.2 Å². The molecule has 0 saturated carbocycles. The van der Waals surface area contributed by atoms with Gasteiger partial charge in [0.25, 0.3) is 5.69 Å². The van der Waals surface area contributed by atoms with Crippen LogP contribution in [0, 0.1) is 10.1 Å². The van der Waals surface area contributed by atoms with Gasteiger partial charge in [0.15, 0.2) is 0 Å². The number of anilines is 2. The summed E-state index contributed by atoms with van der Waals surface area (Å²) >= 11 is 0. The number of nitrogen functional groups attached to an aromatic ring is 1. The zero-order chi connectivity index (χ0) is 11.7. The fraction of sp³-hybridized carbons (Fsp3) is 0.0909. The van der Waals surface area contributed by atoms with Crippen molar-refractivity contribution in [1.82, 2.24) is 0 Å². The molecule has 0 unspecified atom stereocenters. The smallest absolute Gasteiger partial charge is 0.279 e. The van der Waals surface area contributed by atoms with Crippen LogP contribution in [0.5, 0.6) is 0 Å². The van der Waals surface area contributed by atoms with E-state index in [-0.39, 0.29) is 5.69 Å². The van der Waals surface area contributed by atoms with Gasteiger partial charge in [-0.1, -0.05) is 18.2 Å². The summed E-state index contributed by atoms with van der Waals surface area (Å²) in [4.78, 5) is 10.5. The van der Waals surface area contributed by atoms with E-state index in [2.05, 4.69) is 5.32 Å². The second-order valence-electron chi connectivity index (χ2n) is 3.41. The minimum Gasteiger partial charge on any atom is -0.397 e. The highest BCUT2D eigenvalue weighted by Crippen LogP contribution is 2.35. The van der Waals surface area contributed by atoms with Gasteiger partial charge in [-0.15, -0.1) is 0 Å². The Morgan fingerprint density at radius 2 is 1.94 bits per heavy atom. The average molecular weight is 217 g/mol. The second-order valence-corrected chi connectivity index (χ2v) is 3.41. The van der Waals surface area contributed by atoms with Gasteiger partial charge in [0.05, 0.1) is 21.7 Å². The second kappa shape index (κ2) is 3.69. The van der Waals surface area contributed by atoms with Crippen LogP contribution >= 0.6 is 0 Å². The van der Waals surface area contributed by atoms with Crippen molar-refractivity contribution in [2.75, 3.05) is 18.1 Å². The first-order valence-corrected chi connectivity index (χ1v) is 4.78. The van der Waals surface area contributed by atoms with E-state index in [4.69, 9.17) is 5.73 Å². The van der Waals surface area contributed by atoms with Crippen molar-refractivity contribution in [1.29, 1.82) is 0 Å². The molecule has 16 heavy (non-hydrogen) atoms. The van der Waals surface area contributed by atoms with Crippen molar-refractivity contribution >= 4 is 27.8 Å². The molecule has 0 saturated heterocycles. The molecule has 0 heterocycles. The van der Waals surface area contributed by atoms with Gasteiger partial charge in [0.1, 0.15) is 0 Å². The monoisotopic (exact) mass is 217 g/mol. The summed E-state index contributed by atoms with van der Waals surface area (Å²) in [5, 5.41) is 15.2. The number of nitrogens with zero attached hydrogens (tertiary/aromatic N) is 1. The quantitative estimate of drug-likeness (QED) is 0.459. The number of nitro benzene ring substituents is 1. The van der Waals surface area contributed by atoms with Crippen molar-refractivity contribution in [3.05, 3.63) is 40.4 Å². The molecular formula is C11H11N3O2. The predicted octanol–water partition coefficient (Wildman–Crippen LogP) is 2.37. The summed E-state index contributed by atoms with van der Waals surface area (Å²) in [7, 11) is 1.74. The Balaban J connectivity index is 2.91. The lowest BCUT2D eigenvalue weighted by Crippen LogP contribution is -1.99. The minimum absolute atomic E-state index is 0.0344. The minimum atomic E-state index is -0.419. The molecule has 0 aromatic heterocycles. The maximum absolute atomic E-state index is 10.9. The van der Waals surface area contributed by atoms with E-state index < -0.39 is 4.92 Å². The lowest BCUT2D eigenvalue weighted by atomic mass is 10.1. The number of hydrogen-bond acceptors (Lipinski definition) is 4. The van der Waals surface area contributed by atoms with Crippen molar-refractivity contribution in [2.45, 2.75) is 0 Å². The molecule has 0 fully saturated rings. The lowest BCUT2D eigenvalue weighted by Gasteiger charge is -2.09. The maximum atomic E-state index is 10.9. The lowest BCUT2D eigenvalue weighted by molar-refractivity contribution is -0.383. The third-order valence-corrected chi connectivity index (χ3v) is 2.50. The van der Waals surface area contributed by atoms with Gasteiger partial charge in [0.2, 0.25) is 0 Å². The maximum Gasteiger partial charge on any atom is 0.279 e. The van der Waals surface area contributed by atoms with Gasteiger partial charge in [-0.2, -0.15) is 0 Å². The van der Waals surface area contributed by atoms with E-state index in [1.807, 2.05) is 12.1 Å². The van der Waals surface area contributed by atoms with Crippen LogP contribution in [0.25, 0.3) is 10.8 Å². The number of benzene rings is 2. The number of nitrogens with one attached hydrogen (secondary N) is 1. The largest absolute Gasteiger partial charge is 0.397 e. The predicted molar refractivity (Wildman–Crippen MR) is 64.6 cm³/mol. The van der Waals surface area contributed by atoms with Gasteiger partial charge < -0.3 is 11.1 Å². The van der Waals surface area contributed by atoms with E-state index in [1.165, 1.54) is 6.07 Å². The van der Waals surface area contributed by atoms with Crippen LogP contribution in [0.3, 0.4) is 0 Å². The fourth-order valence-electron chi connectivity index (χ4n) is 1.81. The van der Waals surface area contributed by atoms with Gasteiger partial charge in [-0.3, -0.25) is 10.1 Å². The molecule has 5 nitrogen and oxygen atoms in total. The summed E-state index contributed by atoms with van der Waals surface area (Å²) in [5.74, 6) is 0.